The molecule has 98 valence electrons. The Balaban J connectivity index is 1.77. The Labute approximate surface area is 114 Å². The van der Waals surface area contributed by atoms with E-state index in [1.807, 2.05) is 12.1 Å². The number of aliphatic hydroxyl groups excluding tert-OH is 1. The predicted octanol–water partition coefficient (Wildman–Crippen LogP) is 2.78. The van der Waals surface area contributed by atoms with Crippen LogP contribution < -0.4 is 4.90 Å². The number of hydrogen-bond acceptors (Lipinski definition) is 2. The van der Waals surface area contributed by atoms with Gasteiger partial charge in [-0.05, 0) is 41.7 Å². The topological polar surface area (TPSA) is 23.5 Å². The van der Waals surface area contributed by atoms with Gasteiger partial charge in [0.2, 0.25) is 0 Å². The zero-order valence-electron chi connectivity index (χ0n) is 11.0. The Hall–Kier alpha value is -1.80. The van der Waals surface area contributed by atoms with Crippen molar-refractivity contribution >= 4 is 5.69 Å². The van der Waals surface area contributed by atoms with Crippen LogP contribution in [0.5, 0.6) is 0 Å². The summed E-state index contributed by atoms with van der Waals surface area (Å²) in [5.41, 5.74) is 5.20. The summed E-state index contributed by atoms with van der Waals surface area (Å²) < 4.78 is 0. The van der Waals surface area contributed by atoms with E-state index in [0.717, 1.165) is 31.5 Å². The van der Waals surface area contributed by atoms with Crippen LogP contribution in [-0.2, 0) is 19.4 Å². The molecule has 0 amide bonds. The molecule has 2 aromatic rings. The molecule has 3 rings (SSSR count). The summed E-state index contributed by atoms with van der Waals surface area (Å²) in [7, 11) is 0. The molecule has 19 heavy (non-hydrogen) atoms. The number of aliphatic hydroxyl groups is 1. The first kappa shape index (κ1) is 12.2. The third-order valence-corrected chi connectivity index (χ3v) is 3.90. The molecule has 0 spiro atoms. The largest absolute Gasteiger partial charge is 0.392 e. The minimum atomic E-state index is 0.117. The van der Waals surface area contributed by atoms with E-state index in [1.54, 1.807) is 0 Å². The smallest absolute Gasteiger partial charge is 0.0681 e. The third-order valence-electron chi connectivity index (χ3n) is 3.90. The van der Waals surface area contributed by atoms with E-state index in [2.05, 4.69) is 41.3 Å². The van der Waals surface area contributed by atoms with E-state index in [4.69, 9.17) is 5.11 Å². The molecule has 0 unspecified atom stereocenters. The molecule has 1 aliphatic rings. The molecule has 2 nitrogen and oxygen atoms in total. The molecule has 2 aromatic carbocycles. The minimum absolute atomic E-state index is 0.117. The number of rotatable bonds is 2. The molecule has 2 heteroatoms. The lowest BCUT2D eigenvalue weighted by Crippen LogP contribution is -2.25. The van der Waals surface area contributed by atoms with Crippen LogP contribution >= 0.6 is 0 Å². The van der Waals surface area contributed by atoms with Crippen LogP contribution in [0, 0.1) is 0 Å². The molecule has 0 aliphatic carbocycles. The molecule has 0 bridgehead atoms. The van der Waals surface area contributed by atoms with E-state index in [0.29, 0.717) is 0 Å². The van der Waals surface area contributed by atoms with Crippen molar-refractivity contribution in [1.82, 2.24) is 0 Å². The van der Waals surface area contributed by atoms with Crippen molar-refractivity contribution in [2.24, 2.45) is 0 Å². The SMILES string of the molecule is OCc1ccc(N2CCc3ccccc3CC2)cc1. The monoisotopic (exact) mass is 253 g/mol. The van der Waals surface area contributed by atoms with Gasteiger partial charge in [0.05, 0.1) is 6.61 Å². The number of hydrogen-bond donors (Lipinski definition) is 1. The zero-order chi connectivity index (χ0) is 13.1. The highest BCUT2D eigenvalue weighted by atomic mass is 16.3. The molecular weight excluding hydrogens is 234 g/mol. The summed E-state index contributed by atoms with van der Waals surface area (Å²) >= 11 is 0. The Morgan fingerprint density at radius 2 is 1.42 bits per heavy atom. The average molecular weight is 253 g/mol. The van der Waals surface area contributed by atoms with Gasteiger partial charge in [-0.3, -0.25) is 0 Å². The lowest BCUT2D eigenvalue weighted by molar-refractivity contribution is 0.282. The van der Waals surface area contributed by atoms with Crippen LogP contribution in [0.15, 0.2) is 48.5 Å². The average Bonchev–Trinajstić information content (AvgIpc) is 2.70. The molecule has 1 N–H and O–H groups in total. The van der Waals surface area contributed by atoms with Crippen LogP contribution in [0.3, 0.4) is 0 Å². The maximum Gasteiger partial charge on any atom is 0.0681 e. The Morgan fingerprint density at radius 3 is 1.95 bits per heavy atom. The fraction of sp³-hybridized carbons (Fsp3) is 0.294. The third kappa shape index (κ3) is 2.64. The molecule has 1 aliphatic heterocycles. The molecule has 0 saturated carbocycles. The zero-order valence-corrected chi connectivity index (χ0v) is 11.0. The van der Waals surface area contributed by atoms with Gasteiger partial charge in [-0.15, -0.1) is 0 Å². The van der Waals surface area contributed by atoms with E-state index >= 15 is 0 Å². The molecule has 0 aromatic heterocycles. The van der Waals surface area contributed by atoms with Gasteiger partial charge >= 0.3 is 0 Å². The van der Waals surface area contributed by atoms with Crippen molar-refractivity contribution in [3.63, 3.8) is 0 Å². The predicted molar refractivity (Wildman–Crippen MR) is 78.4 cm³/mol. The van der Waals surface area contributed by atoms with Gasteiger partial charge in [-0.25, -0.2) is 0 Å². The number of nitrogens with zero attached hydrogens (tertiary/aromatic N) is 1. The fourth-order valence-electron chi connectivity index (χ4n) is 2.74. The summed E-state index contributed by atoms with van der Waals surface area (Å²) in [5.74, 6) is 0. The lowest BCUT2D eigenvalue weighted by atomic mass is 10.0. The quantitative estimate of drug-likeness (QED) is 0.889. The number of fused-ring (bicyclic) bond motifs is 1. The normalized spacial score (nSPS) is 14.9. The first-order valence-electron chi connectivity index (χ1n) is 6.88. The summed E-state index contributed by atoms with van der Waals surface area (Å²) in [6.07, 6.45) is 2.22. The maximum atomic E-state index is 9.09. The second kappa shape index (κ2) is 5.45. The van der Waals surface area contributed by atoms with Gasteiger partial charge in [-0.1, -0.05) is 36.4 Å². The minimum Gasteiger partial charge on any atom is -0.392 e. The van der Waals surface area contributed by atoms with Crippen LogP contribution in [0.1, 0.15) is 16.7 Å². The molecule has 0 fully saturated rings. The summed E-state index contributed by atoms with van der Waals surface area (Å²) in [6.45, 7) is 2.25. The van der Waals surface area contributed by atoms with E-state index in [-0.39, 0.29) is 6.61 Å². The van der Waals surface area contributed by atoms with Gasteiger partial charge in [0.1, 0.15) is 0 Å². The second-order valence-electron chi connectivity index (χ2n) is 5.08. The molecular formula is C17H19NO. The van der Waals surface area contributed by atoms with Gasteiger partial charge in [0.15, 0.2) is 0 Å². The van der Waals surface area contributed by atoms with Crippen LogP contribution in [0.25, 0.3) is 0 Å². The molecule has 0 saturated heterocycles. The first-order valence-corrected chi connectivity index (χ1v) is 6.88. The summed E-state index contributed by atoms with van der Waals surface area (Å²) in [4.78, 5) is 2.43. The van der Waals surface area contributed by atoms with Crippen molar-refractivity contribution in [2.45, 2.75) is 19.4 Å². The summed E-state index contributed by atoms with van der Waals surface area (Å²) in [6, 6.07) is 17.0. The van der Waals surface area contributed by atoms with Gasteiger partial charge in [0, 0.05) is 18.8 Å². The highest BCUT2D eigenvalue weighted by Gasteiger charge is 2.13. The molecule has 0 atom stereocenters. The van der Waals surface area contributed by atoms with Gasteiger partial charge < -0.3 is 10.0 Å². The van der Waals surface area contributed by atoms with Crippen molar-refractivity contribution < 1.29 is 5.11 Å². The maximum absolute atomic E-state index is 9.09. The van der Waals surface area contributed by atoms with E-state index in [9.17, 15) is 0 Å². The number of benzene rings is 2. The van der Waals surface area contributed by atoms with Crippen LogP contribution in [0.4, 0.5) is 5.69 Å². The van der Waals surface area contributed by atoms with Gasteiger partial charge in [-0.2, -0.15) is 0 Å². The Morgan fingerprint density at radius 1 is 0.842 bits per heavy atom. The molecule has 0 radical (unpaired) electrons. The second-order valence-corrected chi connectivity index (χ2v) is 5.08. The Kier molecular flexibility index (Phi) is 3.51. The van der Waals surface area contributed by atoms with Crippen LogP contribution in [0.2, 0.25) is 0 Å². The summed E-state index contributed by atoms with van der Waals surface area (Å²) in [5, 5.41) is 9.09. The van der Waals surface area contributed by atoms with E-state index in [1.165, 1.54) is 16.8 Å². The highest BCUT2D eigenvalue weighted by molar-refractivity contribution is 5.49. The standard InChI is InChI=1S/C17H19NO/c19-13-14-5-7-17(8-6-14)18-11-9-15-3-1-2-4-16(15)10-12-18/h1-8,19H,9-13H2. The molecule has 1 heterocycles. The van der Waals surface area contributed by atoms with Crippen molar-refractivity contribution in [2.75, 3.05) is 18.0 Å². The first-order chi connectivity index (χ1) is 9.36. The van der Waals surface area contributed by atoms with Gasteiger partial charge in [0.25, 0.3) is 0 Å². The van der Waals surface area contributed by atoms with Crippen LogP contribution in [-0.4, -0.2) is 18.2 Å². The van der Waals surface area contributed by atoms with Crippen molar-refractivity contribution in [1.29, 1.82) is 0 Å². The number of anilines is 1. The fourth-order valence-corrected chi connectivity index (χ4v) is 2.74. The van der Waals surface area contributed by atoms with Crippen molar-refractivity contribution in [3.05, 3.63) is 65.2 Å². The van der Waals surface area contributed by atoms with E-state index < -0.39 is 0 Å². The Bertz CT molecular complexity index is 520. The highest BCUT2D eigenvalue weighted by Crippen LogP contribution is 2.21. The van der Waals surface area contributed by atoms with Crippen molar-refractivity contribution in [3.8, 4) is 0 Å². The lowest BCUT2D eigenvalue weighted by Gasteiger charge is -2.22.